The zero-order chi connectivity index (χ0) is 9.56. The Balaban J connectivity index is 4.47. The van der Waals surface area contributed by atoms with Crippen LogP contribution < -0.4 is 0 Å². The van der Waals surface area contributed by atoms with Crippen LogP contribution in [0.4, 0.5) is 0 Å². The highest BCUT2D eigenvalue weighted by Crippen LogP contribution is 2.10. The Kier molecular flexibility index (Phi) is 5.26. The van der Waals surface area contributed by atoms with Gasteiger partial charge in [-0.25, -0.2) is 0 Å². The van der Waals surface area contributed by atoms with Gasteiger partial charge in [-0.3, -0.25) is 0 Å². The van der Waals surface area contributed by atoms with E-state index in [1.807, 2.05) is 37.9 Å². The number of hydrogen-bond donors (Lipinski definition) is 1. The van der Waals surface area contributed by atoms with Crippen molar-refractivity contribution in [2.24, 2.45) is 0 Å². The minimum Gasteiger partial charge on any atom is -0.506 e. The molecular weight excluding hydrogens is 150 g/mol. The van der Waals surface area contributed by atoms with Crippen molar-refractivity contribution in [3.05, 3.63) is 23.6 Å². The van der Waals surface area contributed by atoms with Gasteiger partial charge in [0.25, 0.3) is 0 Å². The maximum Gasteiger partial charge on any atom is 0.134 e. The predicted molar refractivity (Wildman–Crippen MR) is 53.1 cm³/mol. The van der Waals surface area contributed by atoms with Crippen molar-refractivity contribution in [2.75, 3.05) is 13.6 Å². The average molecular weight is 169 g/mol. The molecule has 0 atom stereocenters. The Morgan fingerprint density at radius 3 is 2.33 bits per heavy atom. The summed E-state index contributed by atoms with van der Waals surface area (Å²) in [6.07, 6.45) is 4.60. The number of hydrogen-bond acceptors (Lipinski definition) is 2. The number of likely N-dealkylation sites (N-methyl/N-ethyl adjacent to an activating group) is 1. The molecule has 0 amide bonds. The van der Waals surface area contributed by atoms with Crippen LogP contribution in [0.1, 0.15) is 27.2 Å². The van der Waals surface area contributed by atoms with Crippen LogP contribution in [-0.4, -0.2) is 23.6 Å². The first-order chi connectivity index (χ1) is 5.67. The van der Waals surface area contributed by atoms with E-state index in [9.17, 15) is 5.11 Å². The fourth-order valence-corrected chi connectivity index (χ4v) is 1.03. The number of aliphatic hydroxyl groups excluding tert-OH is 1. The second-order valence-electron chi connectivity index (χ2n) is 2.69. The SMILES string of the molecule is C/C=C(\C(O)=C/CC)N(C)CC. The van der Waals surface area contributed by atoms with Gasteiger partial charge in [-0.05, 0) is 26.3 Å². The molecule has 0 aliphatic rings. The van der Waals surface area contributed by atoms with Crippen LogP contribution in [0.3, 0.4) is 0 Å². The molecule has 0 aromatic carbocycles. The van der Waals surface area contributed by atoms with Crippen molar-refractivity contribution < 1.29 is 5.11 Å². The number of rotatable bonds is 4. The Bertz CT molecular complexity index is 182. The fraction of sp³-hybridized carbons (Fsp3) is 0.600. The summed E-state index contributed by atoms with van der Waals surface area (Å²) in [6, 6.07) is 0. The lowest BCUT2D eigenvalue weighted by molar-refractivity contribution is 0.352. The first kappa shape index (κ1) is 11.1. The Morgan fingerprint density at radius 1 is 1.42 bits per heavy atom. The van der Waals surface area contributed by atoms with Gasteiger partial charge in [-0.15, -0.1) is 0 Å². The van der Waals surface area contributed by atoms with E-state index in [-0.39, 0.29) is 0 Å². The minimum absolute atomic E-state index is 0.379. The van der Waals surface area contributed by atoms with E-state index in [1.54, 1.807) is 0 Å². The van der Waals surface area contributed by atoms with E-state index in [0.717, 1.165) is 18.7 Å². The monoisotopic (exact) mass is 169 g/mol. The summed E-state index contributed by atoms with van der Waals surface area (Å²) in [7, 11) is 1.97. The number of allylic oxidation sites excluding steroid dienone is 2. The molecule has 0 rings (SSSR count). The highest BCUT2D eigenvalue weighted by molar-refractivity contribution is 5.22. The summed E-state index contributed by atoms with van der Waals surface area (Å²) in [6.45, 7) is 6.90. The predicted octanol–water partition coefficient (Wildman–Crippen LogP) is 2.69. The third-order valence-corrected chi connectivity index (χ3v) is 1.82. The molecule has 2 nitrogen and oxygen atoms in total. The minimum atomic E-state index is 0.379. The molecule has 12 heavy (non-hydrogen) atoms. The molecule has 0 aromatic heterocycles. The van der Waals surface area contributed by atoms with Gasteiger partial charge in [0.2, 0.25) is 0 Å². The smallest absolute Gasteiger partial charge is 0.134 e. The van der Waals surface area contributed by atoms with Crippen LogP contribution >= 0.6 is 0 Å². The van der Waals surface area contributed by atoms with Gasteiger partial charge >= 0.3 is 0 Å². The van der Waals surface area contributed by atoms with Gasteiger partial charge in [0.05, 0.1) is 5.70 Å². The van der Waals surface area contributed by atoms with Gasteiger partial charge in [0.1, 0.15) is 5.76 Å². The molecule has 0 heterocycles. The molecule has 0 spiro atoms. The Hall–Kier alpha value is -0.920. The first-order valence-electron chi connectivity index (χ1n) is 4.44. The van der Waals surface area contributed by atoms with Crippen molar-refractivity contribution in [3.63, 3.8) is 0 Å². The van der Waals surface area contributed by atoms with E-state index >= 15 is 0 Å². The summed E-state index contributed by atoms with van der Waals surface area (Å²) in [5.41, 5.74) is 0.902. The lowest BCUT2D eigenvalue weighted by Crippen LogP contribution is -2.18. The van der Waals surface area contributed by atoms with E-state index in [1.165, 1.54) is 0 Å². The van der Waals surface area contributed by atoms with Crippen LogP contribution in [0.25, 0.3) is 0 Å². The van der Waals surface area contributed by atoms with Crippen molar-refractivity contribution in [1.29, 1.82) is 0 Å². The normalized spacial score (nSPS) is 13.3. The van der Waals surface area contributed by atoms with Crippen LogP contribution in [0.2, 0.25) is 0 Å². The zero-order valence-corrected chi connectivity index (χ0v) is 8.46. The van der Waals surface area contributed by atoms with Crippen LogP contribution in [0, 0.1) is 0 Å². The molecule has 0 bridgehead atoms. The van der Waals surface area contributed by atoms with Gasteiger partial charge < -0.3 is 10.0 Å². The summed E-state index contributed by atoms with van der Waals surface area (Å²) in [4.78, 5) is 2.02. The molecule has 0 fully saturated rings. The van der Waals surface area contributed by atoms with E-state index in [2.05, 4.69) is 6.92 Å². The topological polar surface area (TPSA) is 23.5 Å². The quantitative estimate of drug-likeness (QED) is 0.516. The van der Waals surface area contributed by atoms with Gasteiger partial charge in [0, 0.05) is 13.6 Å². The molecule has 70 valence electrons. The summed E-state index contributed by atoms with van der Waals surface area (Å²) in [5, 5.41) is 9.56. The van der Waals surface area contributed by atoms with Crippen molar-refractivity contribution in [2.45, 2.75) is 27.2 Å². The second-order valence-corrected chi connectivity index (χ2v) is 2.69. The second kappa shape index (κ2) is 5.70. The van der Waals surface area contributed by atoms with Crippen LogP contribution in [-0.2, 0) is 0 Å². The third-order valence-electron chi connectivity index (χ3n) is 1.82. The largest absolute Gasteiger partial charge is 0.506 e. The molecule has 0 radical (unpaired) electrons. The third kappa shape index (κ3) is 2.99. The highest BCUT2D eigenvalue weighted by atomic mass is 16.3. The van der Waals surface area contributed by atoms with Gasteiger partial charge in [0.15, 0.2) is 0 Å². The molecule has 0 aliphatic carbocycles. The van der Waals surface area contributed by atoms with Gasteiger partial charge in [-0.2, -0.15) is 0 Å². The maximum absolute atomic E-state index is 9.56. The maximum atomic E-state index is 9.56. The summed E-state index contributed by atoms with van der Waals surface area (Å²) >= 11 is 0. The summed E-state index contributed by atoms with van der Waals surface area (Å²) in [5.74, 6) is 0.379. The Labute approximate surface area is 75.2 Å². The standard InChI is InChI=1S/C10H19NO/c1-5-8-10(12)9(6-2)11(4)7-3/h6,8,12H,5,7H2,1-4H3/b9-6+,10-8+. The molecule has 1 N–H and O–H groups in total. The lowest BCUT2D eigenvalue weighted by atomic mass is 10.2. The van der Waals surface area contributed by atoms with Crippen LogP contribution in [0.15, 0.2) is 23.6 Å². The molecule has 0 saturated carbocycles. The number of nitrogens with zero attached hydrogens (tertiary/aromatic N) is 1. The van der Waals surface area contributed by atoms with Crippen LogP contribution in [0.5, 0.6) is 0 Å². The van der Waals surface area contributed by atoms with E-state index in [0.29, 0.717) is 5.76 Å². The number of aliphatic hydroxyl groups is 1. The lowest BCUT2D eigenvalue weighted by Gasteiger charge is -2.19. The van der Waals surface area contributed by atoms with Crippen molar-refractivity contribution >= 4 is 0 Å². The molecule has 0 saturated heterocycles. The Morgan fingerprint density at radius 2 is 2.00 bits per heavy atom. The fourth-order valence-electron chi connectivity index (χ4n) is 1.03. The molecule has 0 aliphatic heterocycles. The van der Waals surface area contributed by atoms with E-state index in [4.69, 9.17) is 0 Å². The van der Waals surface area contributed by atoms with Gasteiger partial charge in [-0.1, -0.05) is 13.0 Å². The molecule has 2 heteroatoms. The average Bonchev–Trinajstić information content (AvgIpc) is 2.06. The van der Waals surface area contributed by atoms with E-state index < -0.39 is 0 Å². The molecule has 0 aromatic rings. The molecular formula is C10H19NO. The zero-order valence-electron chi connectivity index (χ0n) is 8.46. The first-order valence-corrected chi connectivity index (χ1v) is 4.44. The highest BCUT2D eigenvalue weighted by Gasteiger charge is 2.04. The molecule has 0 unspecified atom stereocenters. The van der Waals surface area contributed by atoms with Crippen molar-refractivity contribution in [3.8, 4) is 0 Å². The van der Waals surface area contributed by atoms with Crippen molar-refractivity contribution in [1.82, 2.24) is 4.90 Å². The summed E-state index contributed by atoms with van der Waals surface area (Å²) < 4.78 is 0.